The molecule has 0 radical (unpaired) electrons. The maximum Gasteiger partial charge on any atom is 0.170 e. The molecule has 1 aliphatic rings. The Bertz CT molecular complexity index is 643. The molecule has 0 bridgehead atoms. The first-order valence-corrected chi connectivity index (χ1v) is 6.09. The molecule has 0 saturated carbocycles. The zero-order valence-electron chi connectivity index (χ0n) is 10.7. The van der Waals surface area contributed by atoms with Gasteiger partial charge in [-0.3, -0.25) is 0 Å². The molecule has 3 heterocycles. The van der Waals surface area contributed by atoms with E-state index in [4.69, 9.17) is 10.5 Å². The second kappa shape index (κ2) is 4.35. The van der Waals surface area contributed by atoms with E-state index in [-0.39, 0.29) is 5.82 Å². The highest BCUT2D eigenvalue weighted by Crippen LogP contribution is 2.39. The molecule has 1 aliphatic heterocycles. The van der Waals surface area contributed by atoms with Gasteiger partial charge in [-0.15, -0.1) is 10.2 Å². The molecule has 9 heteroatoms. The fourth-order valence-corrected chi connectivity index (χ4v) is 2.49. The average Bonchev–Trinajstić information content (AvgIpc) is 2.92. The number of hydrogen-bond acceptors (Lipinski definition) is 8. The Morgan fingerprint density at radius 1 is 1.50 bits per heavy atom. The summed E-state index contributed by atoms with van der Waals surface area (Å²) in [5.74, 6) is 0.214. The van der Waals surface area contributed by atoms with Gasteiger partial charge < -0.3 is 30.4 Å². The zero-order chi connectivity index (χ0) is 14.5. The summed E-state index contributed by atoms with van der Waals surface area (Å²) in [5.41, 5.74) is 4.50. The lowest BCUT2D eigenvalue weighted by Crippen LogP contribution is -2.44. The fraction of sp³-hybridized carbons (Fsp3) is 0.545. The topological polar surface area (TPSA) is 140 Å². The van der Waals surface area contributed by atoms with Crippen LogP contribution in [0.4, 0.5) is 5.82 Å². The Kier molecular flexibility index (Phi) is 2.87. The van der Waals surface area contributed by atoms with Crippen molar-refractivity contribution in [3.8, 4) is 0 Å². The van der Waals surface area contributed by atoms with Crippen molar-refractivity contribution in [2.75, 3.05) is 12.3 Å². The first-order chi connectivity index (χ1) is 9.46. The Labute approximate surface area is 113 Å². The van der Waals surface area contributed by atoms with E-state index in [0.29, 0.717) is 11.0 Å². The van der Waals surface area contributed by atoms with Crippen LogP contribution in [0, 0.1) is 0 Å². The summed E-state index contributed by atoms with van der Waals surface area (Å²) in [4.78, 5) is 0. The summed E-state index contributed by atoms with van der Waals surface area (Å²) in [6.07, 6.45) is -1.40. The van der Waals surface area contributed by atoms with Gasteiger partial charge in [0.25, 0.3) is 0 Å². The number of nitrogens with zero attached hydrogens (tertiary/aromatic N) is 4. The van der Waals surface area contributed by atoms with Crippen LogP contribution in [0.25, 0.3) is 11.0 Å². The molecule has 108 valence electrons. The lowest BCUT2D eigenvalue weighted by molar-refractivity contribution is -0.0948. The Hall–Kier alpha value is -1.81. The molecule has 0 aliphatic carbocycles. The second-order valence-electron chi connectivity index (χ2n) is 5.02. The minimum Gasteiger partial charge on any atom is -0.394 e. The minimum absolute atomic E-state index is 0.214. The predicted molar refractivity (Wildman–Crippen MR) is 67.4 cm³/mol. The number of nitrogens with two attached hydrogens (primary N) is 1. The van der Waals surface area contributed by atoms with Crippen LogP contribution in [-0.4, -0.2) is 59.7 Å². The quantitative estimate of drug-likeness (QED) is 0.516. The molecule has 0 aromatic carbocycles. The van der Waals surface area contributed by atoms with E-state index in [1.807, 2.05) is 0 Å². The van der Waals surface area contributed by atoms with E-state index in [1.165, 1.54) is 11.5 Å². The number of anilines is 1. The molecule has 5 N–H and O–H groups in total. The van der Waals surface area contributed by atoms with Crippen LogP contribution >= 0.6 is 0 Å². The molecule has 2 aromatic heterocycles. The molecule has 0 amide bonds. The standard InChI is InChI=1S/C11H15N5O4/c1-11(19)7(18)6(4-17)20-10(11)16-3-2-5-8(12)13-15-14-9(5)16/h2-3,6-7,10,17-19H,4H2,1H3,(H2,12,13,14)/t6?,7-,10+,11?/m0/s1. The molecule has 2 unspecified atom stereocenters. The number of nitrogen functional groups attached to an aromatic ring is 1. The van der Waals surface area contributed by atoms with E-state index in [1.54, 1.807) is 12.3 Å². The van der Waals surface area contributed by atoms with Crippen LogP contribution in [0.5, 0.6) is 0 Å². The van der Waals surface area contributed by atoms with Crippen molar-refractivity contribution >= 4 is 16.9 Å². The molecule has 1 saturated heterocycles. The monoisotopic (exact) mass is 281 g/mol. The van der Waals surface area contributed by atoms with E-state index in [2.05, 4.69) is 15.4 Å². The van der Waals surface area contributed by atoms with Crippen molar-refractivity contribution in [3.05, 3.63) is 12.3 Å². The summed E-state index contributed by atoms with van der Waals surface area (Å²) < 4.78 is 7.03. The number of aromatic nitrogens is 4. The van der Waals surface area contributed by atoms with Crippen molar-refractivity contribution in [1.82, 2.24) is 20.0 Å². The number of ether oxygens (including phenoxy) is 1. The molecule has 3 rings (SSSR count). The van der Waals surface area contributed by atoms with Gasteiger partial charge in [-0.1, -0.05) is 0 Å². The summed E-state index contributed by atoms with van der Waals surface area (Å²) >= 11 is 0. The van der Waals surface area contributed by atoms with Gasteiger partial charge in [-0.2, -0.15) is 0 Å². The molecule has 4 atom stereocenters. The summed E-state index contributed by atoms with van der Waals surface area (Å²) in [7, 11) is 0. The maximum atomic E-state index is 10.4. The number of aliphatic hydroxyl groups is 3. The van der Waals surface area contributed by atoms with Gasteiger partial charge in [0.1, 0.15) is 17.8 Å². The average molecular weight is 281 g/mol. The van der Waals surface area contributed by atoms with Gasteiger partial charge in [-0.25, -0.2) is 0 Å². The van der Waals surface area contributed by atoms with Gasteiger partial charge in [0, 0.05) is 6.20 Å². The molecule has 2 aromatic rings. The summed E-state index contributed by atoms with van der Waals surface area (Å²) in [5, 5.41) is 41.2. The summed E-state index contributed by atoms with van der Waals surface area (Å²) in [6.45, 7) is 1.03. The number of rotatable bonds is 2. The highest BCUT2D eigenvalue weighted by molar-refractivity contribution is 5.85. The Morgan fingerprint density at radius 2 is 2.25 bits per heavy atom. The van der Waals surface area contributed by atoms with Gasteiger partial charge in [0.15, 0.2) is 17.7 Å². The van der Waals surface area contributed by atoms with Gasteiger partial charge in [-0.05, 0) is 18.2 Å². The van der Waals surface area contributed by atoms with Crippen LogP contribution in [0.2, 0.25) is 0 Å². The van der Waals surface area contributed by atoms with Crippen molar-refractivity contribution in [2.45, 2.75) is 31.0 Å². The largest absolute Gasteiger partial charge is 0.394 e. The third-order valence-electron chi connectivity index (χ3n) is 3.64. The van der Waals surface area contributed by atoms with Crippen molar-refractivity contribution in [2.24, 2.45) is 0 Å². The lowest BCUT2D eigenvalue weighted by atomic mass is 9.96. The van der Waals surface area contributed by atoms with E-state index < -0.39 is 30.6 Å². The first kappa shape index (κ1) is 13.2. The molecule has 1 fully saturated rings. The fourth-order valence-electron chi connectivity index (χ4n) is 2.49. The van der Waals surface area contributed by atoms with Gasteiger partial charge >= 0.3 is 0 Å². The first-order valence-electron chi connectivity index (χ1n) is 6.09. The van der Waals surface area contributed by atoms with Gasteiger partial charge in [0.2, 0.25) is 0 Å². The van der Waals surface area contributed by atoms with Crippen molar-refractivity contribution in [1.29, 1.82) is 0 Å². The smallest absolute Gasteiger partial charge is 0.170 e. The SMILES string of the molecule is CC1(O)[C@@H](O)C(CO)O[C@H]1n1ccc2c(N)nnnc21. The Balaban J connectivity index is 2.10. The minimum atomic E-state index is -1.58. The lowest BCUT2D eigenvalue weighted by Gasteiger charge is -2.27. The molecule has 9 nitrogen and oxygen atoms in total. The van der Waals surface area contributed by atoms with Crippen LogP contribution in [0.3, 0.4) is 0 Å². The Morgan fingerprint density at radius 3 is 2.90 bits per heavy atom. The third kappa shape index (κ3) is 1.68. The van der Waals surface area contributed by atoms with E-state index in [9.17, 15) is 15.3 Å². The molecular weight excluding hydrogens is 266 g/mol. The van der Waals surface area contributed by atoms with Crippen LogP contribution < -0.4 is 5.73 Å². The highest BCUT2D eigenvalue weighted by atomic mass is 16.6. The maximum absolute atomic E-state index is 10.4. The van der Waals surface area contributed by atoms with Crippen LogP contribution in [0.15, 0.2) is 12.3 Å². The molecule has 20 heavy (non-hydrogen) atoms. The third-order valence-corrected chi connectivity index (χ3v) is 3.64. The highest BCUT2D eigenvalue weighted by Gasteiger charge is 2.53. The van der Waals surface area contributed by atoms with E-state index >= 15 is 0 Å². The predicted octanol–water partition coefficient (Wildman–Crippen LogP) is -1.59. The van der Waals surface area contributed by atoms with Crippen molar-refractivity contribution < 1.29 is 20.1 Å². The van der Waals surface area contributed by atoms with Crippen LogP contribution in [-0.2, 0) is 4.74 Å². The van der Waals surface area contributed by atoms with Crippen molar-refractivity contribution in [3.63, 3.8) is 0 Å². The zero-order valence-corrected chi connectivity index (χ0v) is 10.7. The van der Waals surface area contributed by atoms with Gasteiger partial charge in [0.05, 0.1) is 12.0 Å². The number of fused-ring (bicyclic) bond motifs is 1. The molecular formula is C11H15N5O4. The van der Waals surface area contributed by atoms with E-state index in [0.717, 1.165) is 0 Å². The number of hydrogen-bond donors (Lipinski definition) is 4. The van der Waals surface area contributed by atoms with Crippen LogP contribution in [0.1, 0.15) is 13.2 Å². The number of aliphatic hydroxyl groups excluding tert-OH is 2. The second-order valence-corrected chi connectivity index (χ2v) is 5.02. The summed E-state index contributed by atoms with van der Waals surface area (Å²) in [6, 6.07) is 1.67. The molecule has 0 spiro atoms. The normalized spacial score (nSPS) is 33.9.